The number of ether oxygens (including phenoxy) is 1. The molecule has 0 aliphatic carbocycles. The molecule has 1 aliphatic heterocycles. The van der Waals surface area contributed by atoms with Crippen LogP contribution in [0.3, 0.4) is 0 Å². The van der Waals surface area contributed by atoms with Crippen molar-refractivity contribution in [2.45, 2.75) is 18.8 Å². The van der Waals surface area contributed by atoms with Crippen molar-refractivity contribution in [2.75, 3.05) is 6.61 Å². The van der Waals surface area contributed by atoms with Crippen molar-refractivity contribution in [3.05, 3.63) is 33.8 Å². The molecule has 7 heteroatoms. The van der Waals surface area contributed by atoms with E-state index >= 15 is 0 Å². The third-order valence-electron chi connectivity index (χ3n) is 2.78. The average Bonchev–Trinajstić information content (AvgIpc) is 2.29. The standard InChI is InChI=1S/C11H9BrF3NO2/c1-11(10(15)18-4-9(17)16-11)5-2-6(12)8(14)3-7(5)13/h2-3,10H,4H2,1H3,(H,16,17). The van der Waals surface area contributed by atoms with Gasteiger partial charge in [-0.15, -0.1) is 0 Å². The molecule has 2 unspecified atom stereocenters. The quantitative estimate of drug-likeness (QED) is 0.806. The van der Waals surface area contributed by atoms with Crippen LogP contribution in [0.1, 0.15) is 12.5 Å². The maximum absolute atomic E-state index is 13.8. The van der Waals surface area contributed by atoms with Gasteiger partial charge in [0.2, 0.25) is 12.3 Å². The fourth-order valence-electron chi connectivity index (χ4n) is 1.81. The molecule has 2 rings (SSSR count). The zero-order valence-electron chi connectivity index (χ0n) is 9.27. The van der Waals surface area contributed by atoms with E-state index in [0.717, 1.165) is 6.07 Å². The lowest BCUT2D eigenvalue weighted by Crippen LogP contribution is -2.57. The van der Waals surface area contributed by atoms with Gasteiger partial charge in [-0.2, -0.15) is 0 Å². The van der Waals surface area contributed by atoms with Gasteiger partial charge in [-0.25, -0.2) is 13.2 Å². The number of carbonyl (C=O) groups excluding carboxylic acids is 1. The number of amides is 1. The molecule has 1 fully saturated rings. The summed E-state index contributed by atoms with van der Waals surface area (Å²) < 4.78 is 45.3. The Hall–Kier alpha value is -1.08. The highest BCUT2D eigenvalue weighted by molar-refractivity contribution is 9.10. The van der Waals surface area contributed by atoms with Crippen LogP contribution in [-0.2, 0) is 15.1 Å². The molecule has 0 spiro atoms. The smallest absolute Gasteiger partial charge is 0.247 e. The molecule has 1 amide bonds. The normalized spacial score (nSPS) is 28.1. The van der Waals surface area contributed by atoms with Crippen LogP contribution in [0.5, 0.6) is 0 Å². The number of nitrogens with one attached hydrogen (secondary N) is 1. The third kappa shape index (κ3) is 2.12. The molecular weight excluding hydrogens is 315 g/mol. The number of alkyl halides is 1. The van der Waals surface area contributed by atoms with Crippen molar-refractivity contribution in [3.63, 3.8) is 0 Å². The predicted octanol–water partition coefficient (Wildman–Crippen LogP) is 2.38. The van der Waals surface area contributed by atoms with Crippen molar-refractivity contribution < 1.29 is 22.7 Å². The number of hydrogen-bond acceptors (Lipinski definition) is 2. The Morgan fingerprint density at radius 2 is 2.11 bits per heavy atom. The van der Waals surface area contributed by atoms with Gasteiger partial charge in [0, 0.05) is 11.6 Å². The van der Waals surface area contributed by atoms with Crippen LogP contribution in [0.25, 0.3) is 0 Å². The molecule has 0 saturated carbocycles. The van der Waals surface area contributed by atoms with Crippen LogP contribution >= 0.6 is 15.9 Å². The van der Waals surface area contributed by atoms with Crippen LogP contribution < -0.4 is 5.32 Å². The van der Waals surface area contributed by atoms with E-state index in [0.29, 0.717) is 6.07 Å². The number of rotatable bonds is 1. The summed E-state index contributed by atoms with van der Waals surface area (Å²) in [5.41, 5.74) is -1.87. The second kappa shape index (κ2) is 4.55. The van der Waals surface area contributed by atoms with E-state index in [1.165, 1.54) is 6.92 Å². The minimum absolute atomic E-state index is 0.0212. The first-order chi connectivity index (χ1) is 8.34. The largest absolute Gasteiger partial charge is 0.339 e. The summed E-state index contributed by atoms with van der Waals surface area (Å²) in [7, 11) is 0. The average molecular weight is 324 g/mol. The molecule has 1 N–H and O–H groups in total. The first-order valence-electron chi connectivity index (χ1n) is 5.06. The summed E-state index contributed by atoms with van der Waals surface area (Å²) in [6, 6.07) is 1.71. The van der Waals surface area contributed by atoms with Crippen LogP contribution in [0.2, 0.25) is 0 Å². The molecule has 1 saturated heterocycles. The second-order valence-electron chi connectivity index (χ2n) is 4.12. The fraction of sp³-hybridized carbons (Fsp3) is 0.364. The van der Waals surface area contributed by atoms with Gasteiger partial charge in [-0.1, -0.05) is 0 Å². The van der Waals surface area contributed by atoms with E-state index in [9.17, 15) is 18.0 Å². The van der Waals surface area contributed by atoms with Gasteiger partial charge in [0.1, 0.15) is 23.8 Å². The van der Waals surface area contributed by atoms with Gasteiger partial charge in [0.15, 0.2) is 0 Å². The van der Waals surface area contributed by atoms with Gasteiger partial charge in [-0.3, -0.25) is 4.79 Å². The minimum Gasteiger partial charge on any atom is -0.339 e. The Kier molecular flexibility index (Phi) is 3.37. The third-order valence-corrected chi connectivity index (χ3v) is 3.39. The Balaban J connectivity index is 2.52. The summed E-state index contributed by atoms with van der Waals surface area (Å²) in [6.45, 7) is 0.845. The van der Waals surface area contributed by atoms with E-state index in [1.54, 1.807) is 0 Å². The van der Waals surface area contributed by atoms with Gasteiger partial charge < -0.3 is 10.1 Å². The molecule has 1 heterocycles. The molecule has 2 atom stereocenters. The molecule has 1 aromatic rings. The molecule has 0 bridgehead atoms. The molecule has 18 heavy (non-hydrogen) atoms. The van der Waals surface area contributed by atoms with Crippen LogP contribution in [0.15, 0.2) is 16.6 Å². The van der Waals surface area contributed by atoms with Gasteiger partial charge >= 0.3 is 0 Å². The second-order valence-corrected chi connectivity index (χ2v) is 4.98. The van der Waals surface area contributed by atoms with Crippen molar-refractivity contribution in [1.29, 1.82) is 0 Å². The molecule has 1 aliphatic rings. The number of benzene rings is 1. The lowest BCUT2D eigenvalue weighted by molar-refractivity contribution is -0.162. The maximum Gasteiger partial charge on any atom is 0.247 e. The first-order valence-corrected chi connectivity index (χ1v) is 5.85. The molecule has 98 valence electrons. The summed E-state index contributed by atoms with van der Waals surface area (Å²) in [5.74, 6) is -2.32. The lowest BCUT2D eigenvalue weighted by atomic mass is 9.90. The molecule has 1 aromatic carbocycles. The Labute approximate surface area is 109 Å². The SMILES string of the molecule is CC1(c2cc(Br)c(F)cc2F)NC(=O)COC1F. The van der Waals surface area contributed by atoms with E-state index in [-0.39, 0.29) is 10.0 Å². The van der Waals surface area contributed by atoms with Gasteiger partial charge in [0.05, 0.1) is 4.47 Å². The highest BCUT2D eigenvalue weighted by Crippen LogP contribution is 2.34. The zero-order valence-corrected chi connectivity index (χ0v) is 10.9. The predicted molar refractivity (Wildman–Crippen MR) is 60.4 cm³/mol. The molecule has 0 aromatic heterocycles. The van der Waals surface area contributed by atoms with Gasteiger partial charge in [-0.05, 0) is 28.9 Å². The van der Waals surface area contributed by atoms with Crippen molar-refractivity contribution in [2.24, 2.45) is 0 Å². The number of hydrogen-bond donors (Lipinski definition) is 1. The lowest BCUT2D eigenvalue weighted by Gasteiger charge is -2.37. The van der Waals surface area contributed by atoms with Crippen LogP contribution in [0, 0.1) is 11.6 Å². The summed E-state index contributed by atoms with van der Waals surface area (Å²) in [5, 5.41) is 2.32. The first kappa shape index (κ1) is 13.4. The maximum atomic E-state index is 13.8. The van der Waals surface area contributed by atoms with Crippen LogP contribution in [0.4, 0.5) is 13.2 Å². The van der Waals surface area contributed by atoms with Crippen molar-refractivity contribution >= 4 is 21.8 Å². The molecule has 0 radical (unpaired) electrons. The molecule has 3 nitrogen and oxygen atoms in total. The van der Waals surface area contributed by atoms with Crippen molar-refractivity contribution in [1.82, 2.24) is 5.32 Å². The highest BCUT2D eigenvalue weighted by Gasteiger charge is 2.44. The zero-order chi connectivity index (χ0) is 13.5. The summed E-state index contributed by atoms with van der Waals surface area (Å²) in [6.07, 6.45) is -1.91. The number of halogens is 4. The summed E-state index contributed by atoms with van der Waals surface area (Å²) >= 11 is 2.89. The molecular formula is C11H9BrF3NO2. The van der Waals surface area contributed by atoms with E-state index in [2.05, 4.69) is 26.0 Å². The van der Waals surface area contributed by atoms with E-state index in [1.807, 2.05) is 0 Å². The topological polar surface area (TPSA) is 38.3 Å². The minimum atomic E-state index is -1.91. The Morgan fingerprint density at radius 1 is 1.44 bits per heavy atom. The van der Waals surface area contributed by atoms with E-state index < -0.39 is 36.0 Å². The van der Waals surface area contributed by atoms with Crippen LogP contribution in [-0.4, -0.2) is 18.9 Å². The van der Waals surface area contributed by atoms with Gasteiger partial charge in [0.25, 0.3) is 0 Å². The Morgan fingerprint density at radius 3 is 2.78 bits per heavy atom. The monoisotopic (exact) mass is 323 g/mol. The van der Waals surface area contributed by atoms with Crippen molar-refractivity contribution in [3.8, 4) is 0 Å². The number of morpholine rings is 1. The fourth-order valence-corrected chi connectivity index (χ4v) is 2.15. The highest BCUT2D eigenvalue weighted by atomic mass is 79.9. The Bertz CT molecular complexity index is 511. The number of carbonyl (C=O) groups is 1. The van der Waals surface area contributed by atoms with E-state index in [4.69, 9.17) is 0 Å². The summed E-state index contributed by atoms with van der Waals surface area (Å²) in [4.78, 5) is 11.2.